The van der Waals surface area contributed by atoms with Gasteiger partial charge in [0.2, 0.25) is 20.0 Å². The summed E-state index contributed by atoms with van der Waals surface area (Å²) in [6, 6.07) is 25.0. The van der Waals surface area contributed by atoms with Crippen LogP contribution in [0.4, 0.5) is 36.6 Å². The van der Waals surface area contributed by atoms with Gasteiger partial charge in [-0.15, -0.1) is 49.0 Å². The number of halogens is 6. The second kappa shape index (κ2) is 22.7. The molecule has 2 saturated heterocycles. The molecule has 4 aromatic carbocycles. The number of benzene rings is 4. The molecule has 6 aromatic rings. The molecule has 13 nitrogen and oxygen atoms in total. The van der Waals surface area contributed by atoms with Crippen LogP contribution < -0.4 is 24.0 Å². The van der Waals surface area contributed by atoms with Crippen molar-refractivity contribution in [2.24, 2.45) is 0 Å². The predicted octanol–water partition coefficient (Wildman–Crippen LogP) is 9.64. The average molecular weight is 1050 g/mol. The summed E-state index contributed by atoms with van der Waals surface area (Å²) >= 11 is 3.05. The molecular weight excluding hydrogens is 1000 g/mol. The molecule has 0 N–H and O–H groups in total. The van der Waals surface area contributed by atoms with Crippen molar-refractivity contribution in [1.82, 2.24) is 18.6 Å². The Balaban J connectivity index is 0.000000206. The third kappa shape index (κ3) is 14.3. The van der Waals surface area contributed by atoms with Crippen molar-refractivity contribution in [1.29, 1.82) is 0 Å². The molecule has 2 aliphatic heterocycles. The summed E-state index contributed by atoms with van der Waals surface area (Å²) in [7, 11) is -7.65. The van der Waals surface area contributed by atoms with E-state index in [-0.39, 0.29) is 36.0 Å². The third-order valence-electron chi connectivity index (χ3n) is 11.1. The van der Waals surface area contributed by atoms with E-state index < -0.39 is 44.3 Å². The van der Waals surface area contributed by atoms with Crippen LogP contribution in [0, 0.1) is 0 Å². The van der Waals surface area contributed by atoms with E-state index in [0.717, 1.165) is 101 Å². The molecule has 4 heterocycles. The lowest BCUT2D eigenvalue weighted by atomic mass is 10.1. The van der Waals surface area contributed by atoms with Crippen molar-refractivity contribution < 1.29 is 57.4 Å². The molecule has 0 aliphatic carbocycles. The largest absolute Gasteiger partial charge is 0.573 e. The Hall–Kier alpha value is -5.46. The minimum absolute atomic E-state index is 0.0676. The number of piperazine rings is 2. The van der Waals surface area contributed by atoms with E-state index in [1.165, 1.54) is 42.4 Å². The van der Waals surface area contributed by atoms with E-state index in [4.69, 9.17) is 14.7 Å². The van der Waals surface area contributed by atoms with Crippen LogP contribution in [0.3, 0.4) is 0 Å². The van der Waals surface area contributed by atoms with Crippen molar-refractivity contribution in [3.8, 4) is 17.2 Å². The van der Waals surface area contributed by atoms with Gasteiger partial charge in [-0.05, 0) is 90.7 Å². The monoisotopic (exact) mass is 1050 g/mol. The van der Waals surface area contributed by atoms with Crippen LogP contribution in [0.2, 0.25) is 0 Å². The Morgan fingerprint density at radius 1 is 0.514 bits per heavy atom. The van der Waals surface area contributed by atoms with E-state index in [9.17, 15) is 43.2 Å². The molecule has 8 rings (SSSR count). The van der Waals surface area contributed by atoms with Crippen LogP contribution in [0.15, 0.2) is 118 Å². The first-order chi connectivity index (χ1) is 33.3. The Morgan fingerprint density at radius 2 is 0.871 bits per heavy atom. The molecule has 0 atom stereocenters. The van der Waals surface area contributed by atoms with Gasteiger partial charge in [-0.25, -0.2) is 26.8 Å². The minimum Gasteiger partial charge on any atom is -0.494 e. The predicted molar refractivity (Wildman–Crippen MR) is 256 cm³/mol. The Bertz CT molecular complexity index is 2640. The van der Waals surface area contributed by atoms with E-state index in [1.807, 2.05) is 46.8 Å². The van der Waals surface area contributed by atoms with Gasteiger partial charge in [0.05, 0.1) is 27.8 Å². The minimum atomic E-state index is -4.83. The number of hydrogen-bond donors (Lipinski definition) is 0. The molecule has 0 spiro atoms. The lowest BCUT2D eigenvalue weighted by molar-refractivity contribution is -0.275. The van der Waals surface area contributed by atoms with E-state index in [0.29, 0.717) is 39.2 Å². The lowest BCUT2D eigenvalue weighted by Gasteiger charge is -2.33. The van der Waals surface area contributed by atoms with Crippen molar-refractivity contribution >= 4 is 53.0 Å². The van der Waals surface area contributed by atoms with E-state index in [2.05, 4.69) is 45.6 Å². The number of nitrogens with zero attached hydrogens (tertiary/aromatic N) is 6. The van der Waals surface area contributed by atoms with Gasteiger partial charge in [0.25, 0.3) is 0 Å². The summed E-state index contributed by atoms with van der Waals surface area (Å²) in [4.78, 5) is 13.4. The van der Waals surface area contributed by atoms with Crippen LogP contribution in [0.5, 0.6) is 17.2 Å². The fourth-order valence-corrected chi connectivity index (χ4v) is 12.2. The van der Waals surface area contributed by atoms with Crippen molar-refractivity contribution in [3.63, 3.8) is 0 Å². The summed E-state index contributed by atoms with van der Waals surface area (Å²) in [6.07, 6.45) is -6.05. The SMILES string of the molecule is CCCc1ccc(Cc2csc(N3CCN(S(=O)(=O)c4ccc(OC(F)(F)F)cc4)CC3)n2)cc1.CCOc1ccc(Cc2csc(N3CCN(S(=O)(=O)c4ccc(OC(F)(F)F)cc4)CC3)n2)cc1. The highest BCUT2D eigenvalue weighted by atomic mass is 32.2. The second-order valence-corrected chi connectivity index (χ2v) is 21.6. The molecule has 0 amide bonds. The standard InChI is InChI=1S/C24H26F3N3O3S2.C23H24F3N3O4S2/c1-2-3-18-4-6-19(7-5-18)16-20-17-34-23(28-20)29-12-14-30(15-13-29)35(31,32)22-10-8-21(9-11-22)33-24(25,26)27;1-2-32-19-5-3-17(4-6-19)15-18-16-34-22(27-18)28-11-13-29(14-12-28)35(30,31)21-9-7-20(8-10-21)33-23(24,25)26/h4-11,17H,2-3,12-16H2,1H3;3-10,16H,2,11-15H2,1H3. The Labute approximate surface area is 411 Å². The molecule has 2 aliphatic rings. The first kappa shape index (κ1) is 52.4. The van der Waals surface area contributed by atoms with Gasteiger partial charge in [-0.2, -0.15) is 8.61 Å². The number of hydrogen-bond acceptors (Lipinski definition) is 13. The first-order valence-electron chi connectivity index (χ1n) is 22.2. The number of sulfonamides is 2. The molecule has 2 fully saturated rings. The third-order valence-corrected chi connectivity index (χ3v) is 16.8. The Morgan fingerprint density at radius 3 is 1.23 bits per heavy atom. The van der Waals surface area contributed by atoms with Crippen LogP contribution in [-0.2, 0) is 39.3 Å². The van der Waals surface area contributed by atoms with Crippen LogP contribution in [-0.4, -0.2) is 107 Å². The molecule has 70 heavy (non-hydrogen) atoms. The zero-order chi connectivity index (χ0) is 50.1. The van der Waals surface area contributed by atoms with E-state index >= 15 is 0 Å². The van der Waals surface area contributed by atoms with Gasteiger partial charge in [0, 0.05) is 76.0 Å². The molecule has 0 unspecified atom stereocenters. The number of aryl methyl sites for hydroxylation is 1. The van der Waals surface area contributed by atoms with Gasteiger partial charge in [0.15, 0.2) is 10.3 Å². The number of anilines is 2. The van der Waals surface area contributed by atoms with E-state index in [1.54, 1.807) is 0 Å². The van der Waals surface area contributed by atoms with Gasteiger partial charge in [-0.1, -0.05) is 49.7 Å². The maximum absolute atomic E-state index is 12.9. The summed E-state index contributed by atoms with van der Waals surface area (Å²) < 4.78 is 141. The van der Waals surface area contributed by atoms with Gasteiger partial charge >= 0.3 is 12.7 Å². The summed E-state index contributed by atoms with van der Waals surface area (Å²) in [5.74, 6) is -0.0996. The fourth-order valence-electron chi connectivity index (χ4n) is 7.61. The number of rotatable bonds is 16. The molecule has 23 heteroatoms. The van der Waals surface area contributed by atoms with Crippen molar-refractivity contribution in [2.45, 2.75) is 62.0 Å². The summed E-state index contributed by atoms with van der Waals surface area (Å²) in [5.41, 5.74) is 5.56. The highest BCUT2D eigenvalue weighted by Crippen LogP contribution is 2.30. The van der Waals surface area contributed by atoms with Gasteiger partial charge < -0.3 is 24.0 Å². The zero-order valence-electron chi connectivity index (χ0n) is 38.0. The number of thiazole rings is 2. The number of alkyl halides is 6. The molecule has 0 radical (unpaired) electrons. The van der Waals surface area contributed by atoms with Crippen LogP contribution in [0.1, 0.15) is 48.3 Å². The number of ether oxygens (including phenoxy) is 3. The quantitative estimate of drug-likeness (QED) is 0.0858. The maximum atomic E-state index is 12.9. The maximum Gasteiger partial charge on any atom is 0.573 e. The molecular formula is C47H50F6N6O7S4. The highest BCUT2D eigenvalue weighted by molar-refractivity contribution is 7.89. The topological polar surface area (TPSA) is 135 Å². The number of aromatic nitrogens is 2. The average Bonchev–Trinajstić information content (AvgIpc) is 4.00. The van der Waals surface area contributed by atoms with Gasteiger partial charge in [-0.3, -0.25) is 0 Å². The molecule has 2 aromatic heterocycles. The molecule has 376 valence electrons. The van der Waals surface area contributed by atoms with Crippen LogP contribution in [0.25, 0.3) is 0 Å². The van der Waals surface area contributed by atoms with Crippen LogP contribution >= 0.6 is 22.7 Å². The second-order valence-electron chi connectivity index (χ2n) is 16.1. The molecule has 0 bridgehead atoms. The summed E-state index contributed by atoms with van der Waals surface area (Å²) in [6.45, 7) is 7.62. The smallest absolute Gasteiger partial charge is 0.494 e. The zero-order valence-corrected chi connectivity index (χ0v) is 41.3. The molecule has 0 saturated carbocycles. The first-order valence-corrected chi connectivity index (χ1v) is 26.8. The van der Waals surface area contributed by atoms with Gasteiger partial charge in [0.1, 0.15) is 17.2 Å². The Kier molecular flexibility index (Phi) is 17.0. The lowest BCUT2D eigenvalue weighted by Crippen LogP contribution is -2.48. The summed E-state index contributed by atoms with van der Waals surface area (Å²) in [5, 5.41) is 5.72. The normalized spacial score (nSPS) is 15.3. The van der Waals surface area contributed by atoms with Crippen molar-refractivity contribution in [2.75, 3.05) is 68.8 Å². The fraction of sp³-hybridized carbons (Fsp3) is 0.362. The highest BCUT2D eigenvalue weighted by Gasteiger charge is 2.34. The van der Waals surface area contributed by atoms with Crippen molar-refractivity contribution in [3.05, 3.63) is 136 Å².